The van der Waals surface area contributed by atoms with Gasteiger partial charge in [0.2, 0.25) is 0 Å². The molecule has 3 aromatic heterocycles. The highest BCUT2D eigenvalue weighted by Gasteiger charge is 2.32. The third kappa shape index (κ3) is 4.36. The van der Waals surface area contributed by atoms with Crippen LogP contribution in [0, 0.1) is 13.8 Å². The maximum atomic E-state index is 12.7. The van der Waals surface area contributed by atoms with Crippen molar-refractivity contribution >= 4 is 34.0 Å². The lowest BCUT2D eigenvalue weighted by atomic mass is 10.0. The number of halogens is 4. The fraction of sp³-hybridized carbons (Fsp3) is 0.300. The molecule has 0 bridgehead atoms. The van der Waals surface area contributed by atoms with Gasteiger partial charge in [0.25, 0.3) is 0 Å². The Hall–Kier alpha value is -2.78. The van der Waals surface area contributed by atoms with Crippen molar-refractivity contribution < 1.29 is 18.3 Å². The van der Waals surface area contributed by atoms with Crippen LogP contribution < -0.4 is 0 Å². The van der Waals surface area contributed by atoms with Crippen LogP contribution in [0.25, 0.3) is 22.4 Å². The van der Waals surface area contributed by atoms with E-state index in [9.17, 15) is 18.3 Å². The molecule has 6 nitrogen and oxygen atoms in total. The third-order valence-electron chi connectivity index (χ3n) is 4.41. The first-order chi connectivity index (χ1) is 14.0. The number of hydrogen-bond donors (Lipinski definition) is 1. The molecule has 0 amide bonds. The fourth-order valence-electron chi connectivity index (χ4n) is 2.94. The Morgan fingerprint density at radius 1 is 1.23 bits per heavy atom. The highest BCUT2D eigenvalue weighted by Crippen LogP contribution is 2.31. The highest BCUT2D eigenvalue weighted by molar-refractivity contribution is 6.36. The van der Waals surface area contributed by atoms with Gasteiger partial charge in [-0.15, -0.1) is 10.2 Å². The molecule has 1 N–H and O–H groups in total. The van der Waals surface area contributed by atoms with Gasteiger partial charge in [-0.3, -0.25) is 4.40 Å². The zero-order valence-corrected chi connectivity index (χ0v) is 17.3. The molecule has 30 heavy (non-hydrogen) atoms. The lowest BCUT2D eigenvalue weighted by Gasteiger charge is -2.15. The van der Waals surface area contributed by atoms with Crippen molar-refractivity contribution in [3.05, 3.63) is 58.7 Å². The van der Waals surface area contributed by atoms with Gasteiger partial charge in [0.15, 0.2) is 17.1 Å². The Morgan fingerprint density at radius 3 is 2.57 bits per heavy atom. The minimum Gasteiger partial charge on any atom is -0.388 e. The van der Waals surface area contributed by atoms with Crippen LogP contribution in [0.2, 0.25) is 0 Å². The summed E-state index contributed by atoms with van der Waals surface area (Å²) < 4.78 is 39.6. The lowest BCUT2D eigenvalue weighted by Crippen LogP contribution is -2.20. The average Bonchev–Trinajstić information content (AvgIpc) is 3.10. The molecule has 0 radical (unpaired) electrons. The molecule has 0 spiro atoms. The first-order valence-electron chi connectivity index (χ1n) is 8.98. The van der Waals surface area contributed by atoms with E-state index >= 15 is 0 Å². The van der Waals surface area contributed by atoms with Crippen LogP contribution in [0.4, 0.5) is 13.2 Å². The number of rotatable bonds is 5. The summed E-state index contributed by atoms with van der Waals surface area (Å²) >= 11 is 6.36. The van der Waals surface area contributed by atoms with E-state index in [1.54, 1.807) is 30.4 Å². The smallest absolute Gasteiger partial charge is 0.388 e. The molecule has 3 rings (SSSR count). The summed E-state index contributed by atoms with van der Waals surface area (Å²) in [6.07, 6.45) is -4.93. The van der Waals surface area contributed by atoms with E-state index in [1.165, 1.54) is 6.08 Å². The molecule has 1 atom stereocenters. The van der Waals surface area contributed by atoms with Gasteiger partial charge in [-0.2, -0.15) is 13.2 Å². The molecular weight excluding hydrogens is 419 g/mol. The number of aliphatic hydroxyl groups excluding tert-OH is 1. The van der Waals surface area contributed by atoms with Gasteiger partial charge in [-0.1, -0.05) is 24.3 Å². The number of aliphatic hydroxyl groups is 1. The van der Waals surface area contributed by atoms with Crippen molar-refractivity contribution in [3.8, 4) is 0 Å². The quantitative estimate of drug-likeness (QED) is 0.586. The molecule has 158 valence electrons. The Labute approximate surface area is 175 Å². The van der Waals surface area contributed by atoms with E-state index in [0.717, 1.165) is 5.69 Å². The number of aryl methyl sites for hydroxylation is 2. The summed E-state index contributed by atoms with van der Waals surface area (Å²) in [7, 11) is 0. The predicted molar refractivity (Wildman–Crippen MR) is 109 cm³/mol. The van der Waals surface area contributed by atoms with Crippen molar-refractivity contribution in [2.24, 2.45) is 0 Å². The zero-order chi connectivity index (χ0) is 22.2. The fourth-order valence-corrected chi connectivity index (χ4v) is 3.08. The molecule has 3 heterocycles. The number of hydrogen-bond acceptors (Lipinski definition) is 5. The second-order valence-corrected chi connectivity index (χ2v) is 7.19. The van der Waals surface area contributed by atoms with Crippen molar-refractivity contribution in [2.45, 2.75) is 39.5 Å². The van der Waals surface area contributed by atoms with Gasteiger partial charge in [0, 0.05) is 16.3 Å². The molecule has 0 saturated heterocycles. The molecule has 0 aliphatic carbocycles. The molecule has 0 aliphatic rings. The third-order valence-corrected chi connectivity index (χ3v) is 4.84. The molecule has 0 aliphatic heterocycles. The van der Waals surface area contributed by atoms with E-state index < -0.39 is 18.7 Å². The van der Waals surface area contributed by atoms with E-state index in [1.807, 2.05) is 13.0 Å². The number of alkyl halides is 3. The lowest BCUT2D eigenvalue weighted by molar-refractivity contribution is -0.149. The summed E-state index contributed by atoms with van der Waals surface area (Å²) in [5, 5.41) is 18.5. The van der Waals surface area contributed by atoms with Crippen LogP contribution in [-0.2, 0) is 0 Å². The van der Waals surface area contributed by atoms with Crippen LogP contribution in [0.5, 0.6) is 0 Å². The Morgan fingerprint density at radius 2 is 1.93 bits per heavy atom. The second-order valence-electron chi connectivity index (χ2n) is 6.78. The number of allylic oxidation sites excluding steroid dienone is 3. The Kier molecular flexibility index (Phi) is 5.96. The largest absolute Gasteiger partial charge is 0.391 e. The van der Waals surface area contributed by atoms with Crippen LogP contribution in [0.1, 0.15) is 30.6 Å². The number of fused-ring (bicyclic) bond motifs is 3. The number of aromatic nitrogens is 5. The molecule has 1 unspecified atom stereocenters. The van der Waals surface area contributed by atoms with E-state index in [4.69, 9.17) is 11.6 Å². The summed E-state index contributed by atoms with van der Waals surface area (Å²) in [5.74, 6) is 0.252. The van der Waals surface area contributed by atoms with Crippen molar-refractivity contribution in [3.63, 3.8) is 0 Å². The van der Waals surface area contributed by atoms with Crippen molar-refractivity contribution in [2.75, 3.05) is 0 Å². The molecular formula is C20H19ClF3N5O. The van der Waals surface area contributed by atoms with E-state index in [-0.39, 0.29) is 22.0 Å². The topological polar surface area (TPSA) is 76.2 Å². The van der Waals surface area contributed by atoms with Gasteiger partial charge < -0.3 is 5.11 Å². The standard InChI is InChI=1S/C20H19ClF3N5O/c1-5-14(21)13(8-10(2)16(30)9-20(22,23)24)18-28-27-17-12(4)26-15-7-6-11(3)25-19(15)29(17)18/h5-8,16,30H,2,9H2,1,3-4H3/b13-8+,14-5+. The molecule has 0 aromatic carbocycles. The summed E-state index contributed by atoms with van der Waals surface area (Å²) in [6.45, 7) is 8.83. The maximum absolute atomic E-state index is 12.7. The Bertz CT molecular complexity index is 1200. The van der Waals surface area contributed by atoms with Gasteiger partial charge in [-0.25, -0.2) is 9.97 Å². The predicted octanol–water partition coefficient (Wildman–Crippen LogP) is 4.68. The van der Waals surface area contributed by atoms with Crippen LogP contribution >= 0.6 is 11.6 Å². The highest BCUT2D eigenvalue weighted by atomic mass is 35.5. The second kappa shape index (κ2) is 8.16. The van der Waals surface area contributed by atoms with Gasteiger partial charge in [0.05, 0.1) is 18.2 Å². The first-order valence-corrected chi connectivity index (χ1v) is 9.36. The van der Waals surface area contributed by atoms with Crippen molar-refractivity contribution in [1.29, 1.82) is 0 Å². The van der Waals surface area contributed by atoms with Crippen molar-refractivity contribution in [1.82, 2.24) is 24.6 Å². The van der Waals surface area contributed by atoms with Crippen LogP contribution in [0.3, 0.4) is 0 Å². The minimum absolute atomic E-state index is 0.154. The monoisotopic (exact) mass is 437 g/mol. The van der Waals surface area contributed by atoms with Gasteiger partial charge in [-0.05, 0) is 44.6 Å². The van der Waals surface area contributed by atoms with E-state index in [0.29, 0.717) is 22.5 Å². The normalized spacial score (nSPS) is 14.5. The van der Waals surface area contributed by atoms with Crippen LogP contribution in [0.15, 0.2) is 41.5 Å². The number of nitrogens with zero attached hydrogens (tertiary/aromatic N) is 5. The summed E-state index contributed by atoms with van der Waals surface area (Å²) in [5.41, 5.74) is 2.94. The number of pyridine rings is 1. The summed E-state index contributed by atoms with van der Waals surface area (Å²) in [6, 6.07) is 3.62. The Balaban J connectivity index is 2.24. The first kappa shape index (κ1) is 21.9. The molecule has 3 aromatic rings. The summed E-state index contributed by atoms with van der Waals surface area (Å²) in [4.78, 5) is 8.99. The van der Waals surface area contributed by atoms with E-state index in [2.05, 4.69) is 26.7 Å². The van der Waals surface area contributed by atoms with Crippen LogP contribution in [-0.4, -0.2) is 42.0 Å². The maximum Gasteiger partial charge on any atom is 0.391 e. The molecule has 10 heteroatoms. The van der Waals surface area contributed by atoms with Gasteiger partial charge >= 0.3 is 6.18 Å². The zero-order valence-electron chi connectivity index (χ0n) is 16.5. The average molecular weight is 438 g/mol. The molecule has 0 saturated carbocycles. The SMILES string of the molecule is C=C(/C=C(\C(Cl)=C/C)c1nnc2c(C)nc3ccc(C)nc3n12)C(O)CC(F)(F)F. The molecule has 0 fully saturated rings. The van der Waals surface area contributed by atoms with Gasteiger partial charge in [0.1, 0.15) is 5.52 Å². The minimum atomic E-state index is -4.54.